The van der Waals surface area contributed by atoms with Gasteiger partial charge in [-0.25, -0.2) is 0 Å². The van der Waals surface area contributed by atoms with Gasteiger partial charge in [-0.05, 0) is 16.3 Å². The zero-order chi connectivity index (χ0) is 9.97. The van der Waals surface area contributed by atoms with E-state index in [1.54, 1.807) is 0 Å². The van der Waals surface area contributed by atoms with Crippen LogP contribution < -0.4 is 5.73 Å². The summed E-state index contributed by atoms with van der Waals surface area (Å²) in [6, 6.07) is 14.1. The fourth-order valence-electron chi connectivity index (χ4n) is 1.70. The van der Waals surface area contributed by atoms with Crippen molar-refractivity contribution in [2.75, 3.05) is 0 Å². The van der Waals surface area contributed by atoms with Gasteiger partial charge in [-0.3, -0.25) is 0 Å². The van der Waals surface area contributed by atoms with E-state index in [0.29, 0.717) is 6.42 Å². The highest BCUT2D eigenvalue weighted by Gasteiger charge is 2.02. The van der Waals surface area contributed by atoms with E-state index in [9.17, 15) is 0 Å². The Bertz CT molecular complexity index is 432. The molecule has 0 amide bonds. The summed E-state index contributed by atoms with van der Waals surface area (Å²) in [5.74, 6) is 0. The van der Waals surface area contributed by atoms with E-state index >= 15 is 0 Å². The number of benzene rings is 2. The molecule has 3 N–H and O–H groups in total. The molecule has 2 nitrogen and oxygen atoms in total. The number of aliphatic hydroxyl groups excluding tert-OH is 1. The van der Waals surface area contributed by atoms with Crippen LogP contribution in [0.4, 0.5) is 0 Å². The van der Waals surface area contributed by atoms with Gasteiger partial charge in [0.15, 0.2) is 0 Å². The molecular weight excluding hydrogens is 174 g/mol. The van der Waals surface area contributed by atoms with Crippen molar-refractivity contribution in [2.45, 2.75) is 12.6 Å². The molecule has 72 valence electrons. The third-order valence-corrected chi connectivity index (χ3v) is 2.31. The number of fused-ring (bicyclic) bond motifs is 1. The summed E-state index contributed by atoms with van der Waals surface area (Å²) in [6.07, 6.45) is -0.276. The Morgan fingerprint density at radius 3 is 2.57 bits per heavy atom. The minimum Gasteiger partial charge on any atom is -0.378 e. The molecule has 2 heteroatoms. The zero-order valence-corrected chi connectivity index (χ0v) is 7.85. The van der Waals surface area contributed by atoms with Crippen molar-refractivity contribution in [1.82, 2.24) is 0 Å². The second kappa shape index (κ2) is 3.78. The molecule has 0 saturated carbocycles. The second-order valence-corrected chi connectivity index (χ2v) is 3.41. The minimum atomic E-state index is -0.777. The molecular formula is C12H13NO. The van der Waals surface area contributed by atoms with Crippen LogP contribution in [0.25, 0.3) is 10.8 Å². The van der Waals surface area contributed by atoms with Crippen LogP contribution in [0.3, 0.4) is 0 Å². The fourth-order valence-corrected chi connectivity index (χ4v) is 1.70. The summed E-state index contributed by atoms with van der Waals surface area (Å²) in [5, 5.41) is 11.5. The third kappa shape index (κ3) is 1.76. The largest absolute Gasteiger partial charge is 0.378 e. The molecule has 1 unspecified atom stereocenters. The van der Waals surface area contributed by atoms with Crippen LogP contribution in [0.15, 0.2) is 42.5 Å². The lowest BCUT2D eigenvalue weighted by molar-refractivity contribution is 0.183. The average Bonchev–Trinajstić information content (AvgIpc) is 2.18. The standard InChI is InChI=1S/C12H13NO/c13-12(14)8-10-6-3-5-9-4-1-2-7-11(9)10/h1-7,12,14H,8,13H2. The molecule has 0 bridgehead atoms. The summed E-state index contributed by atoms with van der Waals surface area (Å²) in [5.41, 5.74) is 6.47. The van der Waals surface area contributed by atoms with Crippen LogP contribution in [-0.2, 0) is 6.42 Å². The van der Waals surface area contributed by atoms with E-state index in [-0.39, 0.29) is 0 Å². The van der Waals surface area contributed by atoms with E-state index in [1.807, 2.05) is 30.3 Å². The van der Waals surface area contributed by atoms with Crippen molar-refractivity contribution >= 4 is 10.8 Å². The summed E-state index contributed by atoms with van der Waals surface area (Å²) >= 11 is 0. The lowest BCUT2D eigenvalue weighted by atomic mass is 10.0. The van der Waals surface area contributed by atoms with Crippen molar-refractivity contribution in [3.63, 3.8) is 0 Å². The quantitative estimate of drug-likeness (QED) is 0.702. The van der Waals surface area contributed by atoms with Gasteiger partial charge in [0.25, 0.3) is 0 Å². The van der Waals surface area contributed by atoms with Gasteiger partial charge >= 0.3 is 0 Å². The highest BCUT2D eigenvalue weighted by molar-refractivity contribution is 5.85. The van der Waals surface area contributed by atoms with E-state index in [4.69, 9.17) is 10.8 Å². The van der Waals surface area contributed by atoms with Crippen molar-refractivity contribution in [1.29, 1.82) is 0 Å². The Labute approximate surface area is 83.0 Å². The normalized spacial score (nSPS) is 13.0. The summed E-state index contributed by atoms with van der Waals surface area (Å²) in [4.78, 5) is 0. The Morgan fingerprint density at radius 1 is 1.07 bits per heavy atom. The van der Waals surface area contributed by atoms with E-state index < -0.39 is 6.23 Å². The molecule has 0 aromatic heterocycles. The van der Waals surface area contributed by atoms with Gasteiger partial charge in [-0.1, -0.05) is 42.5 Å². The molecule has 14 heavy (non-hydrogen) atoms. The number of hydrogen-bond donors (Lipinski definition) is 2. The lowest BCUT2D eigenvalue weighted by Gasteiger charge is -2.07. The Kier molecular flexibility index (Phi) is 2.48. The smallest absolute Gasteiger partial charge is 0.106 e. The molecule has 0 aliphatic heterocycles. The molecule has 0 spiro atoms. The zero-order valence-electron chi connectivity index (χ0n) is 7.85. The fraction of sp³-hybridized carbons (Fsp3) is 0.167. The second-order valence-electron chi connectivity index (χ2n) is 3.41. The SMILES string of the molecule is NC(O)Cc1cccc2ccccc12. The first kappa shape index (κ1) is 9.19. The molecule has 2 rings (SSSR count). The van der Waals surface area contributed by atoms with Gasteiger partial charge in [-0.2, -0.15) is 0 Å². The van der Waals surface area contributed by atoms with Gasteiger partial charge in [0.05, 0.1) is 0 Å². The highest BCUT2D eigenvalue weighted by Crippen LogP contribution is 2.18. The maximum Gasteiger partial charge on any atom is 0.106 e. The molecule has 0 aliphatic rings. The van der Waals surface area contributed by atoms with E-state index in [1.165, 1.54) is 10.8 Å². The Hall–Kier alpha value is -1.38. The monoisotopic (exact) mass is 187 g/mol. The van der Waals surface area contributed by atoms with Gasteiger partial charge in [-0.15, -0.1) is 0 Å². The molecule has 2 aromatic rings. The highest BCUT2D eigenvalue weighted by atomic mass is 16.3. The van der Waals surface area contributed by atoms with Gasteiger partial charge in [0.1, 0.15) is 6.23 Å². The topological polar surface area (TPSA) is 46.2 Å². The summed E-state index contributed by atoms with van der Waals surface area (Å²) in [7, 11) is 0. The lowest BCUT2D eigenvalue weighted by Crippen LogP contribution is -2.21. The molecule has 0 aliphatic carbocycles. The first-order valence-electron chi connectivity index (χ1n) is 4.67. The predicted octanol–water partition coefficient (Wildman–Crippen LogP) is 1.66. The molecule has 1 atom stereocenters. The van der Waals surface area contributed by atoms with Gasteiger partial charge in [0.2, 0.25) is 0 Å². The molecule has 2 aromatic carbocycles. The van der Waals surface area contributed by atoms with E-state index in [0.717, 1.165) is 5.56 Å². The van der Waals surface area contributed by atoms with Crippen LogP contribution in [0, 0.1) is 0 Å². The maximum atomic E-state index is 9.14. The average molecular weight is 187 g/mol. The van der Waals surface area contributed by atoms with Crippen LogP contribution in [0.1, 0.15) is 5.56 Å². The molecule has 0 saturated heterocycles. The van der Waals surface area contributed by atoms with Crippen LogP contribution in [0.5, 0.6) is 0 Å². The van der Waals surface area contributed by atoms with Crippen LogP contribution in [0.2, 0.25) is 0 Å². The molecule has 0 fully saturated rings. The van der Waals surface area contributed by atoms with Crippen molar-refractivity contribution in [3.8, 4) is 0 Å². The van der Waals surface area contributed by atoms with Gasteiger partial charge in [0, 0.05) is 6.42 Å². The van der Waals surface area contributed by atoms with Crippen molar-refractivity contribution in [2.24, 2.45) is 5.73 Å². The maximum absolute atomic E-state index is 9.14. The number of nitrogens with two attached hydrogens (primary N) is 1. The van der Waals surface area contributed by atoms with E-state index in [2.05, 4.69) is 12.1 Å². The predicted molar refractivity (Wildman–Crippen MR) is 57.8 cm³/mol. The summed E-state index contributed by atoms with van der Waals surface area (Å²) < 4.78 is 0. The minimum absolute atomic E-state index is 0.501. The Morgan fingerprint density at radius 2 is 1.79 bits per heavy atom. The molecule has 0 radical (unpaired) electrons. The van der Waals surface area contributed by atoms with Crippen molar-refractivity contribution < 1.29 is 5.11 Å². The van der Waals surface area contributed by atoms with Crippen molar-refractivity contribution in [3.05, 3.63) is 48.0 Å². The Balaban J connectivity index is 2.53. The number of hydrogen-bond acceptors (Lipinski definition) is 2. The first-order valence-corrected chi connectivity index (χ1v) is 4.67. The number of aliphatic hydroxyl groups is 1. The third-order valence-electron chi connectivity index (χ3n) is 2.31. The molecule has 0 heterocycles. The van der Waals surface area contributed by atoms with Crippen LogP contribution >= 0.6 is 0 Å². The number of rotatable bonds is 2. The summed E-state index contributed by atoms with van der Waals surface area (Å²) in [6.45, 7) is 0. The van der Waals surface area contributed by atoms with Crippen LogP contribution in [-0.4, -0.2) is 11.3 Å². The van der Waals surface area contributed by atoms with Gasteiger partial charge < -0.3 is 10.8 Å². The first-order chi connectivity index (χ1) is 6.77.